The summed E-state index contributed by atoms with van der Waals surface area (Å²) in [4.78, 5) is 30.3. The molecular formula is C18H36EuO21. The van der Waals surface area contributed by atoms with Crippen LogP contribution in [-0.4, -0.2) is 203 Å². The molecule has 22 heteroatoms. The zero-order chi connectivity index (χ0) is 31.8. The molecule has 0 spiro atoms. The van der Waals surface area contributed by atoms with E-state index in [-0.39, 0.29) is 49.4 Å². The molecule has 0 aliphatic heterocycles. The zero-order valence-corrected chi connectivity index (χ0v) is 22.6. The summed E-state index contributed by atoms with van der Waals surface area (Å²) in [5.41, 5.74) is 0. The minimum atomic E-state index is -2.20. The van der Waals surface area contributed by atoms with Crippen LogP contribution in [0.15, 0.2) is 0 Å². The molecule has 0 aliphatic carbocycles. The number of aliphatic carboxylic acids is 3. The normalized spacial score (nSPS) is 19.9. The van der Waals surface area contributed by atoms with Crippen LogP contribution in [-0.2, 0) is 14.4 Å². The molecule has 241 valence electrons. The molecule has 0 aromatic rings. The maximum atomic E-state index is 10.1. The standard InChI is InChI=1S/3C6H12O7.Eu/c3*7-1-2(8)3(9)4(10)5(11)6(12)13;/h3*2-5,7-11H,1H2,(H,12,13);/t3*2-,3-,4+,5-;/m000./s1. The summed E-state index contributed by atoms with van der Waals surface area (Å²) in [6.07, 6.45) is -23.5. The van der Waals surface area contributed by atoms with Crippen LogP contribution >= 0.6 is 0 Å². The minimum absolute atomic E-state index is 0. The van der Waals surface area contributed by atoms with Gasteiger partial charge in [-0.1, -0.05) is 0 Å². The van der Waals surface area contributed by atoms with Crippen molar-refractivity contribution in [2.75, 3.05) is 19.8 Å². The van der Waals surface area contributed by atoms with Gasteiger partial charge in [-0.2, -0.15) is 0 Å². The molecule has 0 bridgehead atoms. The molecular weight excluding hydrogens is 704 g/mol. The smallest absolute Gasteiger partial charge is 0.335 e. The number of rotatable bonds is 15. The van der Waals surface area contributed by atoms with Crippen molar-refractivity contribution >= 4 is 17.9 Å². The predicted molar refractivity (Wildman–Crippen MR) is 116 cm³/mol. The Labute approximate surface area is 265 Å². The van der Waals surface area contributed by atoms with Crippen LogP contribution < -0.4 is 0 Å². The fourth-order valence-electron chi connectivity index (χ4n) is 2.01. The van der Waals surface area contributed by atoms with Crippen LogP contribution in [0, 0.1) is 49.4 Å². The second-order valence-electron chi connectivity index (χ2n) is 7.54. The Hall–Kier alpha value is -0.606. The van der Waals surface area contributed by atoms with E-state index < -0.39 is 111 Å². The molecule has 0 fully saturated rings. The summed E-state index contributed by atoms with van der Waals surface area (Å²) < 4.78 is 0. The first-order chi connectivity index (χ1) is 17.7. The number of carbonyl (C=O) groups is 3. The van der Waals surface area contributed by atoms with Gasteiger partial charge in [-0.05, 0) is 0 Å². The molecule has 0 rings (SSSR count). The third kappa shape index (κ3) is 17.4. The number of carboxylic acid groups (broad SMARTS) is 3. The molecule has 0 unspecified atom stereocenters. The van der Waals surface area contributed by atoms with Gasteiger partial charge in [0.1, 0.15) is 54.9 Å². The van der Waals surface area contributed by atoms with Crippen molar-refractivity contribution in [1.29, 1.82) is 0 Å². The fourth-order valence-corrected chi connectivity index (χ4v) is 2.01. The van der Waals surface area contributed by atoms with E-state index in [0.717, 1.165) is 0 Å². The molecule has 0 saturated heterocycles. The third-order valence-corrected chi connectivity index (χ3v) is 4.52. The average Bonchev–Trinajstić information content (AvgIpc) is 2.92. The Morgan fingerprint density at radius 2 is 0.525 bits per heavy atom. The predicted octanol–water partition coefficient (Wildman–Crippen LogP) is -10.5. The van der Waals surface area contributed by atoms with E-state index in [1.807, 2.05) is 0 Å². The number of aliphatic hydroxyl groups excluding tert-OH is 15. The van der Waals surface area contributed by atoms with Gasteiger partial charge in [0, 0.05) is 49.4 Å². The quantitative estimate of drug-likeness (QED) is 0.0741. The van der Waals surface area contributed by atoms with Crippen molar-refractivity contribution in [1.82, 2.24) is 0 Å². The van der Waals surface area contributed by atoms with E-state index in [9.17, 15) is 14.4 Å². The van der Waals surface area contributed by atoms with E-state index >= 15 is 0 Å². The summed E-state index contributed by atoms with van der Waals surface area (Å²) >= 11 is 0. The van der Waals surface area contributed by atoms with Gasteiger partial charge in [0.15, 0.2) is 18.3 Å². The molecule has 40 heavy (non-hydrogen) atoms. The Morgan fingerprint density at radius 3 is 0.625 bits per heavy atom. The zero-order valence-electron chi connectivity index (χ0n) is 20.2. The minimum Gasteiger partial charge on any atom is -0.479 e. The van der Waals surface area contributed by atoms with Gasteiger partial charge < -0.3 is 91.9 Å². The molecule has 0 amide bonds. The van der Waals surface area contributed by atoms with Crippen molar-refractivity contribution < 1.29 is 156 Å². The summed E-state index contributed by atoms with van der Waals surface area (Å²) in [5, 5.41) is 155. The molecule has 12 atom stereocenters. The first-order valence-corrected chi connectivity index (χ1v) is 10.4. The molecule has 0 aromatic heterocycles. The van der Waals surface area contributed by atoms with Crippen LogP contribution in [0.2, 0.25) is 0 Å². The van der Waals surface area contributed by atoms with Crippen molar-refractivity contribution in [3.63, 3.8) is 0 Å². The Morgan fingerprint density at radius 1 is 0.375 bits per heavy atom. The topological polar surface area (TPSA) is 415 Å². The summed E-state index contributed by atoms with van der Waals surface area (Å²) in [6.45, 7) is -2.53. The van der Waals surface area contributed by atoms with Crippen molar-refractivity contribution in [3.05, 3.63) is 0 Å². The van der Waals surface area contributed by atoms with E-state index in [2.05, 4.69) is 0 Å². The Kier molecular flexibility index (Phi) is 27.7. The van der Waals surface area contributed by atoms with Gasteiger partial charge in [-0.3, -0.25) is 0 Å². The number of aliphatic hydroxyl groups is 15. The van der Waals surface area contributed by atoms with Crippen LogP contribution in [0.5, 0.6) is 0 Å². The molecule has 18 N–H and O–H groups in total. The maximum Gasteiger partial charge on any atom is 0.335 e. The van der Waals surface area contributed by atoms with Crippen LogP contribution in [0.4, 0.5) is 0 Å². The molecule has 0 aliphatic rings. The van der Waals surface area contributed by atoms with Gasteiger partial charge in [0.05, 0.1) is 19.8 Å². The van der Waals surface area contributed by atoms with Crippen molar-refractivity contribution in [2.45, 2.75) is 73.2 Å². The molecule has 0 heterocycles. The molecule has 0 aromatic carbocycles. The van der Waals surface area contributed by atoms with Crippen molar-refractivity contribution in [2.24, 2.45) is 0 Å². The average molecular weight is 740 g/mol. The van der Waals surface area contributed by atoms with Gasteiger partial charge in [-0.25, -0.2) is 14.4 Å². The number of carboxylic acids is 3. The first kappa shape index (κ1) is 46.4. The van der Waals surface area contributed by atoms with Crippen molar-refractivity contribution in [3.8, 4) is 0 Å². The van der Waals surface area contributed by atoms with E-state index in [1.165, 1.54) is 0 Å². The van der Waals surface area contributed by atoms with E-state index in [1.54, 1.807) is 0 Å². The van der Waals surface area contributed by atoms with Gasteiger partial charge in [0.25, 0.3) is 0 Å². The monoisotopic (exact) mass is 741 g/mol. The number of hydrogen-bond donors (Lipinski definition) is 18. The summed E-state index contributed by atoms with van der Waals surface area (Å²) in [6, 6.07) is 0. The third-order valence-electron chi connectivity index (χ3n) is 4.52. The van der Waals surface area contributed by atoms with Crippen LogP contribution in [0.25, 0.3) is 0 Å². The Balaban J connectivity index is -0.000000240. The first-order valence-electron chi connectivity index (χ1n) is 10.4. The molecule has 1 radical (unpaired) electrons. The summed E-state index contributed by atoms with van der Waals surface area (Å²) in [7, 11) is 0. The largest absolute Gasteiger partial charge is 0.479 e. The summed E-state index contributed by atoms with van der Waals surface area (Å²) in [5.74, 6) is -5.18. The second-order valence-corrected chi connectivity index (χ2v) is 7.54. The molecule has 21 nitrogen and oxygen atoms in total. The molecule has 0 saturated carbocycles. The second kappa shape index (κ2) is 23.9. The van der Waals surface area contributed by atoms with Crippen LogP contribution in [0.3, 0.4) is 0 Å². The van der Waals surface area contributed by atoms with E-state index in [4.69, 9.17) is 91.9 Å². The number of hydrogen-bond acceptors (Lipinski definition) is 18. The Bertz CT molecular complexity index is 608. The SMILES string of the molecule is O=C(O)[C@@H](O)[C@H](O)[C@@H](O)[C@@H](O)CO.O=C(O)[C@@H](O)[C@H](O)[C@@H](O)[C@@H](O)CO.O=C(O)[C@@H](O)[C@H](O)[C@@H](O)[C@@H](O)CO.[Eu]. The van der Waals surface area contributed by atoms with Gasteiger partial charge >= 0.3 is 17.9 Å². The van der Waals surface area contributed by atoms with Crippen LogP contribution in [0.1, 0.15) is 0 Å². The fraction of sp³-hybridized carbons (Fsp3) is 0.833. The van der Waals surface area contributed by atoms with Gasteiger partial charge in [-0.15, -0.1) is 0 Å². The maximum absolute atomic E-state index is 10.1. The van der Waals surface area contributed by atoms with E-state index in [0.29, 0.717) is 0 Å². The van der Waals surface area contributed by atoms with Gasteiger partial charge in [0.2, 0.25) is 0 Å².